The number of benzene rings is 3. The number of non-ortho nitro benzene ring substituents is 1. The van der Waals surface area contributed by atoms with Gasteiger partial charge in [0.1, 0.15) is 0 Å². The fourth-order valence-electron chi connectivity index (χ4n) is 3.12. The van der Waals surface area contributed by atoms with Crippen LogP contribution >= 0.6 is 0 Å². The van der Waals surface area contributed by atoms with Gasteiger partial charge >= 0.3 is 11.4 Å². The van der Waals surface area contributed by atoms with Gasteiger partial charge in [-0.15, -0.1) is 0 Å². The summed E-state index contributed by atoms with van der Waals surface area (Å²) in [6, 6.07) is 19.3. The van der Waals surface area contributed by atoms with E-state index >= 15 is 0 Å². The third-order valence-corrected chi connectivity index (χ3v) is 4.85. The lowest BCUT2D eigenvalue weighted by molar-refractivity contribution is -0.404. The molecule has 0 radical (unpaired) electrons. The van der Waals surface area contributed by atoms with Crippen LogP contribution in [0.15, 0.2) is 72.8 Å². The number of hydrogen-bond acceptors (Lipinski definition) is 10. The van der Waals surface area contributed by atoms with Crippen LogP contribution in [0.5, 0.6) is 5.75 Å². The molecule has 0 atom stereocenters. The third-order valence-electron chi connectivity index (χ3n) is 4.85. The second-order valence-corrected chi connectivity index (χ2v) is 7.18. The number of nitrogens with zero attached hydrogens (tertiary/aromatic N) is 5. The number of aromatic hydroxyl groups is 1. The largest absolute Gasteiger partial charge is 0.497 e. The first-order chi connectivity index (χ1) is 17.6. The zero-order valence-corrected chi connectivity index (χ0v) is 18.5. The van der Waals surface area contributed by atoms with Crippen molar-refractivity contribution < 1.29 is 24.8 Å². The first-order valence-corrected chi connectivity index (χ1v) is 10.2. The van der Waals surface area contributed by atoms with Gasteiger partial charge in [-0.05, 0) is 30.4 Å². The lowest BCUT2D eigenvalue weighted by Gasteiger charge is -1.99. The molecule has 1 heterocycles. The number of fused-ring (bicyclic) bond motifs is 1. The van der Waals surface area contributed by atoms with Crippen molar-refractivity contribution in [2.45, 2.75) is 0 Å². The summed E-state index contributed by atoms with van der Waals surface area (Å²) in [7, 11) is 0. The number of phenols is 1. The van der Waals surface area contributed by atoms with E-state index in [1.807, 2.05) is 36.4 Å². The molecule has 14 nitrogen and oxygen atoms in total. The summed E-state index contributed by atoms with van der Waals surface area (Å²) in [6.07, 6.45) is 3.50. The van der Waals surface area contributed by atoms with Crippen molar-refractivity contribution in [2.75, 3.05) is 0 Å². The van der Waals surface area contributed by atoms with Crippen molar-refractivity contribution in [3.63, 3.8) is 0 Å². The van der Waals surface area contributed by atoms with E-state index in [0.29, 0.717) is 17.7 Å². The SMILES string of the molecule is O=[N+]([O-])c1cc([N+](=O)[O-])c(O)c([N+](=O)[O-])c1.O=[N+]([O-])c1ccccc1/C=C/c1ccc2ccccc2n1. The van der Waals surface area contributed by atoms with Gasteiger partial charge in [0.15, 0.2) is 0 Å². The fraction of sp³-hybridized carbons (Fsp3) is 0. The van der Waals surface area contributed by atoms with Gasteiger partial charge in [0.25, 0.3) is 17.1 Å². The zero-order chi connectivity index (χ0) is 27.1. The lowest BCUT2D eigenvalue weighted by Crippen LogP contribution is -1.97. The molecule has 0 saturated heterocycles. The summed E-state index contributed by atoms with van der Waals surface area (Å²) in [4.78, 5) is 42.9. The van der Waals surface area contributed by atoms with Crippen LogP contribution in [0.1, 0.15) is 11.3 Å². The van der Waals surface area contributed by atoms with E-state index < -0.39 is 37.6 Å². The summed E-state index contributed by atoms with van der Waals surface area (Å²) >= 11 is 0. The Morgan fingerprint density at radius 3 is 1.81 bits per heavy atom. The molecule has 0 unspecified atom stereocenters. The van der Waals surface area contributed by atoms with Gasteiger partial charge in [0.05, 0.1) is 48.6 Å². The average molecular weight is 505 g/mol. The predicted octanol–water partition coefficient (Wildman–Crippen LogP) is 5.43. The summed E-state index contributed by atoms with van der Waals surface area (Å²) in [6.45, 7) is 0. The highest BCUT2D eigenvalue weighted by Crippen LogP contribution is 2.39. The second kappa shape index (κ2) is 11.1. The Morgan fingerprint density at radius 1 is 0.649 bits per heavy atom. The minimum atomic E-state index is -1.21. The molecule has 186 valence electrons. The van der Waals surface area contributed by atoms with Crippen molar-refractivity contribution in [3.05, 3.63) is 125 Å². The molecule has 4 rings (SSSR count). The van der Waals surface area contributed by atoms with Crippen LogP contribution in [0, 0.1) is 40.5 Å². The zero-order valence-electron chi connectivity index (χ0n) is 18.5. The lowest BCUT2D eigenvalue weighted by atomic mass is 10.1. The maximum absolute atomic E-state index is 11.0. The number of nitro benzene ring substituents is 4. The molecule has 0 amide bonds. The van der Waals surface area contributed by atoms with Crippen molar-refractivity contribution in [1.29, 1.82) is 0 Å². The number of phenolic OH excluding ortho intramolecular Hbond substituents is 1. The highest BCUT2D eigenvalue weighted by molar-refractivity contribution is 5.81. The van der Waals surface area contributed by atoms with E-state index in [-0.39, 0.29) is 10.6 Å². The van der Waals surface area contributed by atoms with Crippen LogP contribution in [0.25, 0.3) is 23.1 Å². The Balaban J connectivity index is 0.000000214. The Labute approximate surface area is 206 Å². The van der Waals surface area contributed by atoms with Crippen LogP contribution in [0.4, 0.5) is 22.7 Å². The van der Waals surface area contributed by atoms with Crippen molar-refractivity contribution >= 4 is 45.8 Å². The van der Waals surface area contributed by atoms with Crippen LogP contribution in [0.2, 0.25) is 0 Å². The number of rotatable bonds is 6. The molecule has 3 aromatic carbocycles. The highest BCUT2D eigenvalue weighted by Gasteiger charge is 2.30. The standard InChI is InChI=1S/C17H12N2O2.C6H3N3O7/c20-19(21)17-8-4-2-6-14(17)10-12-15-11-9-13-5-1-3-7-16(13)18-15;10-6-4(8(13)14)1-3(7(11)12)2-5(6)9(15)16/h1-12H;1-2,10H/b12-10+;. The molecule has 37 heavy (non-hydrogen) atoms. The van der Waals surface area contributed by atoms with Crippen molar-refractivity contribution in [3.8, 4) is 5.75 Å². The Morgan fingerprint density at radius 2 is 1.22 bits per heavy atom. The molecule has 0 aliphatic rings. The molecule has 0 aliphatic carbocycles. The number of para-hydroxylation sites is 2. The smallest absolute Gasteiger partial charge is 0.324 e. The number of aromatic nitrogens is 1. The van der Waals surface area contributed by atoms with Gasteiger partial charge in [0, 0.05) is 11.5 Å². The van der Waals surface area contributed by atoms with Gasteiger partial charge in [-0.2, -0.15) is 0 Å². The molecule has 0 saturated carbocycles. The van der Waals surface area contributed by atoms with E-state index in [1.54, 1.807) is 30.4 Å². The topological polar surface area (TPSA) is 206 Å². The minimum absolute atomic E-state index is 0.0922. The maximum Gasteiger partial charge on any atom is 0.324 e. The minimum Gasteiger partial charge on any atom is -0.497 e. The second-order valence-electron chi connectivity index (χ2n) is 7.18. The van der Waals surface area contributed by atoms with Crippen molar-refractivity contribution in [2.24, 2.45) is 0 Å². The summed E-state index contributed by atoms with van der Waals surface area (Å²) in [5.41, 5.74) is -0.668. The fourth-order valence-corrected chi connectivity index (χ4v) is 3.12. The molecule has 4 aromatic rings. The number of nitro groups is 4. The highest BCUT2D eigenvalue weighted by atomic mass is 16.6. The molecular formula is C23H15N5O9. The van der Waals surface area contributed by atoms with E-state index in [0.717, 1.165) is 16.6 Å². The van der Waals surface area contributed by atoms with Gasteiger partial charge in [0.2, 0.25) is 0 Å². The molecule has 1 N–H and O–H groups in total. The van der Waals surface area contributed by atoms with Crippen LogP contribution in [-0.2, 0) is 0 Å². The first-order valence-electron chi connectivity index (χ1n) is 10.2. The summed E-state index contributed by atoms with van der Waals surface area (Å²) < 4.78 is 0. The quantitative estimate of drug-likeness (QED) is 0.259. The van der Waals surface area contributed by atoms with Crippen molar-refractivity contribution in [1.82, 2.24) is 4.98 Å². The first kappa shape index (κ1) is 25.8. The van der Waals surface area contributed by atoms with Gasteiger partial charge in [-0.1, -0.05) is 36.4 Å². The Kier molecular flexibility index (Phi) is 7.74. The molecule has 14 heteroatoms. The van der Waals surface area contributed by atoms with Crippen LogP contribution in [0.3, 0.4) is 0 Å². The maximum atomic E-state index is 11.0. The summed E-state index contributed by atoms with van der Waals surface area (Å²) in [5.74, 6) is -1.21. The Bertz CT molecular complexity index is 1530. The van der Waals surface area contributed by atoms with E-state index in [2.05, 4.69) is 4.98 Å². The molecule has 0 fully saturated rings. The van der Waals surface area contributed by atoms with Crippen LogP contribution in [-0.4, -0.2) is 29.8 Å². The molecule has 0 aliphatic heterocycles. The Hall–Kier alpha value is -5.79. The molecule has 0 bridgehead atoms. The molecule has 1 aromatic heterocycles. The predicted molar refractivity (Wildman–Crippen MR) is 132 cm³/mol. The number of hydrogen-bond donors (Lipinski definition) is 1. The van der Waals surface area contributed by atoms with E-state index in [1.165, 1.54) is 6.07 Å². The van der Waals surface area contributed by atoms with Gasteiger partial charge in [-0.3, -0.25) is 40.5 Å². The molecular weight excluding hydrogens is 490 g/mol. The van der Waals surface area contributed by atoms with Gasteiger partial charge < -0.3 is 5.11 Å². The summed E-state index contributed by atoms with van der Waals surface area (Å²) in [5, 5.41) is 52.2. The normalized spacial score (nSPS) is 10.5. The van der Waals surface area contributed by atoms with Crippen LogP contribution < -0.4 is 0 Å². The third kappa shape index (κ3) is 6.21. The average Bonchev–Trinajstić information content (AvgIpc) is 2.87. The van der Waals surface area contributed by atoms with Gasteiger partial charge in [-0.25, -0.2) is 4.98 Å². The monoisotopic (exact) mass is 505 g/mol. The van der Waals surface area contributed by atoms with E-state index in [4.69, 9.17) is 5.11 Å². The number of pyridine rings is 1. The molecule has 0 spiro atoms. The van der Waals surface area contributed by atoms with E-state index in [9.17, 15) is 40.5 Å².